The lowest BCUT2D eigenvalue weighted by Gasteiger charge is -2.30. The second-order valence-corrected chi connectivity index (χ2v) is 10.6. The number of piperidine rings is 1. The molecule has 12 heteroatoms. The molecule has 1 N–H and O–H groups in total. The van der Waals surface area contributed by atoms with E-state index in [1.54, 1.807) is 12.3 Å². The normalized spacial score (nSPS) is 17.6. The van der Waals surface area contributed by atoms with Gasteiger partial charge in [0.2, 0.25) is 17.6 Å². The Morgan fingerprint density at radius 3 is 2.90 bits per heavy atom. The van der Waals surface area contributed by atoms with Crippen molar-refractivity contribution in [3.63, 3.8) is 0 Å². The molecule has 1 saturated heterocycles. The molecule has 0 spiro atoms. The van der Waals surface area contributed by atoms with E-state index < -0.39 is 21.8 Å². The van der Waals surface area contributed by atoms with E-state index in [1.165, 1.54) is 22.5 Å². The Balaban J connectivity index is 1.47. The van der Waals surface area contributed by atoms with E-state index >= 15 is 0 Å². The van der Waals surface area contributed by atoms with Gasteiger partial charge in [-0.1, -0.05) is 16.8 Å². The van der Waals surface area contributed by atoms with Crippen molar-refractivity contribution in [1.82, 2.24) is 14.4 Å². The van der Waals surface area contributed by atoms with E-state index in [-0.39, 0.29) is 21.7 Å². The third-order valence-electron chi connectivity index (χ3n) is 4.90. The summed E-state index contributed by atoms with van der Waals surface area (Å²) >= 11 is 6.82. The maximum absolute atomic E-state index is 13.3. The number of carbonyl (C=O) groups excluding carboxylic acids is 1. The fraction of sp³-hybridized carbons (Fsp3) is 0.316. The Labute approximate surface area is 187 Å². The number of hydrogen-bond donors (Lipinski definition) is 1. The monoisotopic (exact) mass is 484 g/mol. The lowest BCUT2D eigenvalue weighted by molar-refractivity contribution is -0.120. The van der Waals surface area contributed by atoms with Crippen molar-refractivity contribution in [2.45, 2.75) is 24.0 Å². The van der Waals surface area contributed by atoms with Crippen molar-refractivity contribution in [3.8, 4) is 11.4 Å². The van der Waals surface area contributed by atoms with Gasteiger partial charge >= 0.3 is 0 Å². The molecule has 31 heavy (non-hydrogen) atoms. The Bertz CT molecular complexity index is 1230. The molecule has 3 aromatic rings. The summed E-state index contributed by atoms with van der Waals surface area (Å²) in [6, 6.07) is 5.39. The molecule has 3 heterocycles. The minimum atomic E-state index is -3.78. The van der Waals surface area contributed by atoms with Gasteiger partial charge in [0.1, 0.15) is 10.0 Å². The van der Waals surface area contributed by atoms with Crippen LogP contribution < -0.4 is 5.32 Å². The van der Waals surface area contributed by atoms with Gasteiger partial charge in [-0.15, -0.1) is 11.3 Å². The molecule has 0 bridgehead atoms. The molecule has 1 fully saturated rings. The molecule has 164 valence electrons. The number of aryl methyl sites for hydroxylation is 1. The molecular weight excluding hydrogens is 467 g/mol. The van der Waals surface area contributed by atoms with Crippen molar-refractivity contribution in [2.75, 3.05) is 18.4 Å². The van der Waals surface area contributed by atoms with E-state index in [0.29, 0.717) is 42.4 Å². The fourth-order valence-corrected chi connectivity index (χ4v) is 6.32. The molecule has 0 saturated carbocycles. The van der Waals surface area contributed by atoms with Crippen molar-refractivity contribution in [3.05, 3.63) is 46.4 Å². The van der Waals surface area contributed by atoms with Crippen LogP contribution in [-0.4, -0.2) is 41.9 Å². The maximum Gasteiger partial charge on any atom is 0.252 e. The summed E-state index contributed by atoms with van der Waals surface area (Å²) in [6.07, 6.45) is 1.09. The number of hydrogen-bond acceptors (Lipinski definition) is 7. The highest BCUT2D eigenvalue weighted by Gasteiger charge is 2.34. The third-order valence-corrected chi connectivity index (χ3v) is 8.47. The van der Waals surface area contributed by atoms with Crippen LogP contribution >= 0.6 is 22.9 Å². The number of carbonyl (C=O) groups is 1. The number of aromatic nitrogens is 2. The number of benzene rings is 1. The average Bonchev–Trinajstić information content (AvgIpc) is 3.40. The smallest absolute Gasteiger partial charge is 0.252 e. The number of halogens is 2. The van der Waals surface area contributed by atoms with Crippen LogP contribution in [0, 0.1) is 18.7 Å². The van der Waals surface area contributed by atoms with Crippen molar-refractivity contribution in [2.24, 2.45) is 5.92 Å². The second kappa shape index (κ2) is 8.65. The van der Waals surface area contributed by atoms with E-state index in [2.05, 4.69) is 15.5 Å². The number of nitrogens with one attached hydrogen (secondary N) is 1. The topological polar surface area (TPSA) is 105 Å². The van der Waals surface area contributed by atoms with Crippen LogP contribution in [0.5, 0.6) is 0 Å². The van der Waals surface area contributed by atoms with Gasteiger partial charge in [-0.2, -0.15) is 9.29 Å². The summed E-state index contributed by atoms with van der Waals surface area (Å²) in [6.45, 7) is 2.03. The average molecular weight is 485 g/mol. The number of nitrogens with zero attached hydrogens (tertiary/aromatic N) is 3. The molecule has 1 amide bonds. The van der Waals surface area contributed by atoms with Gasteiger partial charge in [0.05, 0.1) is 10.9 Å². The summed E-state index contributed by atoms with van der Waals surface area (Å²) in [4.78, 5) is 16.8. The minimum Gasteiger partial charge on any atom is -0.339 e. The largest absolute Gasteiger partial charge is 0.339 e. The molecule has 0 unspecified atom stereocenters. The van der Waals surface area contributed by atoms with Gasteiger partial charge < -0.3 is 9.84 Å². The Morgan fingerprint density at radius 1 is 1.39 bits per heavy atom. The van der Waals surface area contributed by atoms with E-state index in [4.69, 9.17) is 16.1 Å². The number of sulfonamides is 1. The first-order valence-corrected chi connectivity index (χ1v) is 12.1. The summed E-state index contributed by atoms with van der Waals surface area (Å²) in [5, 5.41) is 8.05. The Hall–Kier alpha value is -2.34. The predicted octanol–water partition coefficient (Wildman–Crippen LogP) is 3.94. The van der Waals surface area contributed by atoms with Crippen molar-refractivity contribution >= 4 is 44.6 Å². The number of anilines is 1. The first-order valence-electron chi connectivity index (χ1n) is 9.39. The van der Waals surface area contributed by atoms with Gasteiger partial charge in [-0.05, 0) is 37.1 Å². The van der Waals surface area contributed by atoms with Crippen molar-refractivity contribution in [1.29, 1.82) is 0 Å². The fourth-order valence-electron chi connectivity index (χ4n) is 3.31. The quantitative estimate of drug-likeness (QED) is 0.588. The Morgan fingerprint density at radius 2 is 2.19 bits per heavy atom. The van der Waals surface area contributed by atoms with Crippen LogP contribution in [0.4, 0.5) is 10.1 Å². The van der Waals surface area contributed by atoms with E-state index in [9.17, 15) is 17.6 Å². The van der Waals surface area contributed by atoms with Crippen LogP contribution in [0.3, 0.4) is 0 Å². The van der Waals surface area contributed by atoms with Gasteiger partial charge in [-0.25, -0.2) is 12.8 Å². The molecule has 1 aliphatic heterocycles. The lowest BCUT2D eigenvalue weighted by Crippen LogP contribution is -2.43. The van der Waals surface area contributed by atoms with E-state index in [0.717, 1.165) is 17.4 Å². The molecule has 4 rings (SSSR count). The SMILES string of the molecule is Cc1nc(-c2csc(S(=O)(=O)N3CCC[C@@H](C(=O)Nc4ccc(F)c(Cl)c4)C3)c2)no1. The van der Waals surface area contributed by atoms with Crippen molar-refractivity contribution < 1.29 is 22.1 Å². The number of thiophene rings is 1. The van der Waals surface area contributed by atoms with Crippen LogP contribution in [-0.2, 0) is 14.8 Å². The predicted molar refractivity (Wildman–Crippen MR) is 114 cm³/mol. The van der Waals surface area contributed by atoms with Gasteiger partial charge in [0, 0.05) is 36.6 Å². The zero-order chi connectivity index (χ0) is 22.2. The summed E-state index contributed by atoms with van der Waals surface area (Å²) in [5.74, 6) is -0.744. The van der Waals surface area contributed by atoms with E-state index in [1.807, 2.05) is 0 Å². The zero-order valence-corrected chi connectivity index (χ0v) is 18.7. The minimum absolute atomic E-state index is 0.0532. The van der Waals surface area contributed by atoms with Crippen LogP contribution in [0.2, 0.25) is 5.02 Å². The number of rotatable bonds is 5. The third kappa shape index (κ3) is 4.64. The molecule has 1 atom stereocenters. The first-order chi connectivity index (χ1) is 14.7. The maximum atomic E-state index is 13.3. The van der Waals surface area contributed by atoms with Gasteiger partial charge in [0.15, 0.2) is 0 Å². The highest BCUT2D eigenvalue weighted by molar-refractivity contribution is 7.91. The molecule has 1 aromatic carbocycles. The molecule has 1 aliphatic rings. The first kappa shape index (κ1) is 21.9. The molecule has 2 aromatic heterocycles. The van der Waals surface area contributed by atoms with Crippen LogP contribution in [0.15, 0.2) is 38.4 Å². The zero-order valence-electron chi connectivity index (χ0n) is 16.3. The summed E-state index contributed by atoms with van der Waals surface area (Å²) < 4.78 is 46.0. The number of amides is 1. The molecule has 8 nitrogen and oxygen atoms in total. The second-order valence-electron chi connectivity index (χ2n) is 7.11. The van der Waals surface area contributed by atoms with Crippen LogP contribution in [0.25, 0.3) is 11.4 Å². The summed E-state index contributed by atoms with van der Waals surface area (Å²) in [7, 11) is -3.78. The lowest BCUT2D eigenvalue weighted by atomic mass is 9.99. The molecule has 0 radical (unpaired) electrons. The summed E-state index contributed by atoms with van der Waals surface area (Å²) in [5.41, 5.74) is 0.912. The highest BCUT2D eigenvalue weighted by atomic mass is 35.5. The van der Waals surface area contributed by atoms with Gasteiger partial charge in [-0.3, -0.25) is 4.79 Å². The standard InChI is InChI=1S/C19H18ClFN4O4S2/c1-11-22-18(24-29-11)13-7-17(30-10-13)31(27,28)25-6-2-3-12(9-25)19(26)23-14-4-5-16(21)15(20)8-14/h4-5,7-8,10,12H,2-3,6,9H2,1H3,(H,23,26)/t12-/m1/s1. The molecular formula is C19H18ClFN4O4S2. The molecule has 0 aliphatic carbocycles. The van der Waals surface area contributed by atoms with Crippen LogP contribution in [0.1, 0.15) is 18.7 Å². The highest BCUT2D eigenvalue weighted by Crippen LogP contribution is 2.31. The van der Waals surface area contributed by atoms with Gasteiger partial charge in [0.25, 0.3) is 10.0 Å². The Kier molecular flexibility index (Phi) is 6.11.